The third kappa shape index (κ3) is 4.45. The monoisotopic (exact) mass is 248 g/mol. The van der Waals surface area contributed by atoms with Crippen LogP contribution in [0.5, 0.6) is 0 Å². The van der Waals surface area contributed by atoms with Gasteiger partial charge in [0, 0.05) is 43.6 Å². The van der Waals surface area contributed by atoms with Crippen LogP contribution in [0.4, 0.5) is 5.95 Å². The zero-order valence-electron chi connectivity index (χ0n) is 11.9. The van der Waals surface area contributed by atoms with Gasteiger partial charge in [0.05, 0.1) is 0 Å². The predicted octanol–water partition coefficient (Wildman–Crippen LogP) is 2.30. The summed E-state index contributed by atoms with van der Waals surface area (Å²) in [6.07, 6.45) is 4.76. The van der Waals surface area contributed by atoms with E-state index in [-0.39, 0.29) is 0 Å². The highest BCUT2D eigenvalue weighted by atomic mass is 15.2. The molecule has 0 fully saturated rings. The van der Waals surface area contributed by atoms with E-state index in [1.165, 1.54) is 0 Å². The number of nitrogens with zero attached hydrogens (tertiary/aromatic N) is 3. The van der Waals surface area contributed by atoms with Crippen molar-refractivity contribution in [2.75, 3.05) is 18.5 Å². The van der Waals surface area contributed by atoms with E-state index in [0.717, 1.165) is 36.7 Å². The smallest absolute Gasteiger partial charge is 0.225 e. The van der Waals surface area contributed by atoms with Gasteiger partial charge in [-0.3, -0.25) is 0 Å². The van der Waals surface area contributed by atoms with Gasteiger partial charge < -0.3 is 10.2 Å². The first-order valence-corrected chi connectivity index (χ1v) is 6.42. The molecule has 4 nitrogen and oxygen atoms in total. The number of anilines is 1. The van der Waals surface area contributed by atoms with Crippen molar-refractivity contribution in [3.8, 4) is 0 Å². The summed E-state index contributed by atoms with van der Waals surface area (Å²) in [6, 6.07) is 0.472. The third-order valence-electron chi connectivity index (χ3n) is 2.78. The molecule has 1 aromatic rings. The first-order valence-electron chi connectivity index (χ1n) is 6.42. The number of aromatic nitrogens is 2. The van der Waals surface area contributed by atoms with Crippen LogP contribution in [-0.2, 0) is 6.54 Å². The molecule has 0 spiro atoms. The molecule has 0 bridgehead atoms. The van der Waals surface area contributed by atoms with Crippen molar-refractivity contribution in [2.24, 2.45) is 0 Å². The Morgan fingerprint density at radius 2 is 2.22 bits per heavy atom. The average Bonchev–Trinajstić information content (AvgIpc) is 2.34. The quantitative estimate of drug-likeness (QED) is 0.752. The number of rotatable bonds is 7. The molecule has 1 rings (SSSR count). The van der Waals surface area contributed by atoms with Crippen LogP contribution in [0.2, 0.25) is 0 Å². The summed E-state index contributed by atoms with van der Waals surface area (Å²) in [4.78, 5) is 11.0. The second kappa shape index (κ2) is 7.11. The van der Waals surface area contributed by atoms with Crippen molar-refractivity contribution in [2.45, 2.75) is 39.8 Å². The maximum absolute atomic E-state index is 4.54. The summed E-state index contributed by atoms with van der Waals surface area (Å²) < 4.78 is 0. The number of hydrogen-bond donors (Lipinski definition) is 1. The normalized spacial score (nSPS) is 10.7. The van der Waals surface area contributed by atoms with E-state index >= 15 is 0 Å². The minimum absolute atomic E-state index is 0.472. The van der Waals surface area contributed by atoms with Crippen LogP contribution in [0.3, 0.4) is 0 Å². The summed E-state index contributed by atoms with van der Waals surface area (Å²) >= 11 is 0. The molecule has 18 heavy (non-hydrogen) atoms. The SMILES string of the molecule is C=CCCN(C)c1ncc(CNC(C)C)c(C)n1. The third-order valence-corrected chi connectivity index (χ3v) is 2.78. The first-order chi connectivity index (χ1) is 8.54. The highest BCUT2D eigenvalue weighted by Gasteiger charge is 2.07. The standard InChI is InChI=1S/C14H24N4/c1-6-7-8-18(5)14-16-10-13(12(4)17-14)9-15-11(2)3/h6,10-11,15H,1,7-9H2,2-5H3. The summed E-state index contributed by atoms with van der Waals surface area (Å²) in [5, 5.41) is 3.38. The van der Waals surface area contributed by atoms with Gasteiger partial charge in [0.2, 0.25) is 5.95 Å². The minimum Gasteiger partial charge on any atom is -0.344 e. The fourth-order valence-electron chi connectivity index (χ4n) is 1.54. The molecular formula is C14H24N4. The highest BCUT2D eigenvalue weighted by molar-refractivity contribution is 5.31. The molecule has 0 aliphatic rings. The van der Waals surface area contributed by atoms with E-state index in [1.54, 1.807) is 0 Å². The Kier molecular flexibility index (Phi) is 5.78. The Balaban J connectivity index is 2.69. The summed E-state index contributed by atoms with van der Waals surface area (Å²) in [5.74, 6) is 0.780. The second-order valence-corrected chi connectivity index (χ2v) is 4.82. The topological polar surface area (TPSA) is 41.1 Å². The lowest BCUT2D eigenvalue weighted by atomic mass is 10.2. The van der Waals surface area contributed by atoms with E-state index in [9.17, 15) is 0 Å². The Labute approximate surface area is 110 Å². The van der Waals surface area contributed by atoms with Crippen LogP contribution in [0.1, 0.15) is 31.5 Å². The van der Waals surface area contributed by atoms with E-state index in [0.29, 0.717) is 6.04 Å². The molecule has 0 radical (unpaired) electrons. The van der Waals surface area contributed by atoms with Crippen LogP contribution in [-0.4, -0.2) is 29.6 Å². The van der Waals surface area contributed by atoms with Crippen molar-refractivity contribution in [1.82, 2.24) is 15.3 Å². The first kappa shape index (κ1) is 14.6. The van der Waals surface area contributed by atoms with Gasteiger partial charge in [0.15, 0.2) is 0 Å². The van der Waals surface area contributed by atoms with Gasteiger partial charge in [-0.15, -0.1) is 6.58 Å². The summed E-state index contributed by atoms with van der Waals surface area (Å²) in [5.41, 5.74) is 2.20. The van der Waals surface area contributed by atoms with E-state index in [1.807, 2.05) is 31.1 Å². The Morgan fingerprint density at radius 1 is 1.50 bits per heavy atom. The molecule has 0 unspecified atom stereocenters. The largest absolute Gasteiger partial charge is 0.344 e. The Bertz CT molecular complexity index is 387. The van der Waals surface area contributed by atoms with Gasteiger partial charge in [-0.25, -0.2) is 9.97 Å². The van der Waals surface area contributed by atoms with E-state index < -0.39 is 0 Å². The molecule has 0 aliphatic heterocycles. The molecule has 0 saturated heterocycles. The lowest BCUT2D eigenvalue weighted by Gasteiger charge is -2.17. The molecule has 0 atom stereocenters. The lowest BCUT2D eigenvalue weighted by molar-refractivity contribution is 0.584. The number of aryl methyl sites for hydroxylation is 1. The fraction of sp³-hybridized carbons (Fsp3) is 0.571. The van der Waals surface area contributed by atoms with E-state index in [4.69, 9.17) is 0 Å². The predicted molar refractivity (Wildman–Crippen MR) is 76.8 cm³/mol. The van der Waals surface area contributed by atoms with Crippen LogP contribution in [0.15, 0.2) is 18.9 Å². The zero-order chi connectivity index (χ0) is 13.5. The van der Waals surface area contributed by atoms with Crippen LogP contribution >= 0.6 is 0 Å². The molecule has 0 aromatic carbocycles. The van der Waals surface area contributed by atoms with Gasteiger partial charge in [-0.1, -0.05) is 19.9 Å². The lowest BCUT2D eigenvalue weighted by Crippen LogP contribution is -2.24. The molecule has 1 heterocycles. The zero-order valence-corrected chi connectivity index (χ0v) is 11.9. The minimum atomic E-state index is 0.472. The summed E-state index contributed by atoms with van der Waals surface area (Å²) in [7, 11) is 2.00. The molecule has 0 aliphatic carbocycles. The van der Waals surface area contributed by atoms with E-state index in [2.05, 4.69) is 35.7 Å². The number of hydrogen-bond acceptors (Lipinski definition) is 4. The Morgan fingerprint density at radius 3 is 2.78 bits per heavy atom. The fourth-order valence-corrected chi connectivity index (χ4v) is 1.54. The van der Waals surface area contributed by atoms with Crippen LogP contribution in [0.25, 0.3) is 0 Å². The Hall–Kier alpha value is -1.42. The van der Waals surface area contributed by atoms with Gasteiger partial charge in [-0.2, -0.15) is 0 Å². The van der Waals surface area contributed by atoms with Gasteiger partial charge >= 0.3 is 0 Å². The van der Waals surface area contributed by atoms with Gasteiger partial charge in [0.1, 0.15) is 0 Å². The van der Waals surface area contributed by atoms with Crippen LogP contribution in [0, 0.1) is 6.92 Å². The molecule has 0 saturated carbocycles. The van der Waals surface area contributed by atoms with Crippen molar-refractivity contribution in [1.29, 1.82) is 0 Å². The van der Waals surface area contributed by atoms with Crippen molar-refractivity contribution in [3.05, 3.63) is 30.1 Å². The molecule has 0 amide bonds. The van der Waals surface area contributed by atoms with Gasteiger partial charge in [0.25, 0.3) is 0 Å². The van der Waals surface area contributed by atoms with Crippen molar-refractivity contribution >= 4 is 5.95 Å². The maximum Gasteiger partial charge on any atom is 0.225 e. The van der Waals surface area contributed by atoms with Crippen molar-refractivity contribution < 1.29 is 0 Å². The molecule has 100 valence electrons. The van der Waals surface area contributed by atoms with Crippen molar-refractivity contribution in [3.63, 3.8) is 0 Å². The van der Waals surface area contributed by atoms with Gasteiger partial charge in [-0.05, 0) is 13.3 Å². The maximum atomic E-state index is 4.54. The average molecular weight is 248 g/mol. The van der Waals surface area contributed by atoms with Crippen LogP contribution < -0.4 is 10.2 Å². The summed E-state index contributed by atoms with van der Waals surface area (Å²) in [6.45, 7) is 11.7. The molecule has 1 aromatic heterocycles. The molecule has 4 heteroatoms. The number of nitrogens with one attached hydrogen (secondary N) is 1. The molecule has 1 N–H and O–H groups in total. The molecular weight excluding hydrogens is 224 g/mol. The highest BCUT2D eigenvalue weighted by Crippen LogP contribution is 2.10. The second-order valence-electron chi connectivity index (χ2n) is 4.82.